The number of nitrogens with zero attached hydrogens (tertiary/aromatic N) is 1. The number of halogens is 2. The fraction of sp³-hybridized carbons (Fsp3) is 0.160. The van der Waals surface area contributed by atoms with Gasteiger partial charge in [0, 0.05) is 25.3 Å². The molecule has 1 aliphatic carbocycles. The van der Waals surface area contributed by atoms with Gasteiger partial charge in [0.15, 0.2) is 0 Å². The largest absolute Gasteiger partial charge is 0.493 e. The molecule has 1 fully saturated rings. The molecule has 0 saturated heterocycles. The number of benzene rings is 4. The number of imidazole rings is 1. The van der Waals surface area contributed by atoms with E-state index in [-0.39, 0.29) is 0 Å². The van der Waals surface area contributed by atoms with Crippen molar-refractivity contribution in [2.24, 2.45) is 5.92 Å². The molecule has 4 aromatic carbocycles. The Labute approximate surface area is 190 Å². The standard InChI is InChI=1S/C25H18Br2N2O/c26-20-6-3-7-21(27)22(20)25-28-23-17-5-2-1-4-16(17)19-12-15(30-13-14-8-9-14)10-11-18(19)24(23)29-25/h1-7,10-12,14H,8-9,13H2,(H,28,29). The molecular formula is C25H18Br2N2O. The van der Waals surface area contributed by atoms with Crippen LogP contribution in [0.4, 0.5) is 0 Å². The van der Waals surface area contributed by atoms with Crippen LogP contribution >= 0.6 is 31.9 Å². The van der Waals surface area contributed by atoms with Gasteiger partial charge in [0.2, 0.25) is 0 Å². The van der Waals surface area contributed by atoms with Crippen LogP contribution in [-0.2, 0) is 0 Å². The Hall–Kier alpha value is -2.37. The second kappa shape index (κ2) is 7.10. The van der Waals surface area contributed by atoms with Crippen LogP contribution in [0.15, 0.2) is 69.6 Å². The third kappa shape index (κ3) is 3.03. The van der Waals surface area contributed by atoms with Gasteiger partial charge in [-0.3, -0.25) is 0 Å². The molecule has 0 aliphatic heterocycles. The minimum Gasteiger partial charge on any atom is -0.493 e. The molecule has 148 valence electrons. The van der Waals surface area contributed by atoms with Gasteiger partial charge in [0.05, 0.1) is 17.6 Å². The van der Waals surface area contributed by atoms with E-state index in [0.29, 0.717) is 0 Å². The number of hydrogen-bond acceptors (Lipinski definition) is 2. The summed E-state index contributed by atoms with van der Waals surface area (Å²) in [7, 11) is 0. The zero-order chi connectivity index (χ0) is 20.2. The molecule has 1 N–H and O–H groups in total. The average Bonchev–Trinajstić information content (AvgIpc) is 3.49. The van der Waals surface area contributed by atoms with Crippen molar-refractivity contribution in [1.82, 2.24) is 9.97 Å². The van der Waals surface area contributed by atoms with Crippen LogP contribution in [0.2, 0.25) is 0 Å². The molecule has 0 unspecified atom stereocenters. The van der Waals surface area contributed by atoms with E-state index < -0.39 is 0 Å². The molecule has 0 spiro atoms. The second-order valence-corrected chi connectivity index (χ2v) is 9.62. The Kier molecular flexibility index (Phi) is 4.36. The van der Waals surface area contributed by atoms with E-state index in [4.69, 9.17) is 9.72 Å². The fourth-order valence-electron chi connectivity index (χ4n) is 4.08. The van der Waals surface area contributed by atoms with Gasteiger partial charge >= 0.3 is 0 Å². The van der Waals surface area contributed by atoms with E-state index in [1.165, 1.54) is 23.6 Å². The Morgan fingerprint density at radius 1 is 0.867 bits per heavy atom. The molecule has 1 aromatic heterocycles. The van der Waals surface area contributed by atoms with E-state index in [1.54, 1.807) is 0 Å². The number of H-pyrrole nitrogens is 1. The summed E-state index contributed by atoms with van der Waals surface area (Å²) >= 11 is 7.36. The monoisotopic (exact) mass is 520 g/mol. The molecule has 5 heteroatoms. The van der Waals surface area contributed by atoms with Crippen molar-refractivity contribution >= 4 is 64.4 Å². The summed E-state index contributed by atoms with van der Waals surface area (Å²) in [6, 6.07) is 21.0. The van der Waals surface area contributed by atoms with Crippen LogP contribution in [0.5, 0.6) is 5.75 Å². The van der Waals surface area contributed by atoms with Crippen molar-refractivity contribution in [3.8, 4) is 17.1 Å². The Morgan fingerprint density at radius 3 is 2.40 bits per heavy atom. The summed E-state index contributed by atoms with van der Waals surface area (Å²) < 4.78 is 8.07. The number of nitrogens with one attached hydrogen (secondary N) is 1. The first-order valence-corrected chi connectivity index (χ1v) is 11.7. The van der Waals surface area contributed by atoms with E-state index in [1.807, 2.05) is 18.2 Å². The third-order valence-corrected chi connectivity index (χ3v) is 7.14. The Bertz CT molecular complexity index is 1420. The van der Waals surface area contributed by atoms with Crippen LogP contribution < -0.4 is 4.74 Å². The van der Waals surface area contributed by atoms with E-state index in [0.717, 1.165) is 60.4 Å². The molecule has 0 radical (unpaired) electrons. The van der Waals surface area contributed by atoms with Crippen LogP contribution in [0, 0.1) is 5.92 Å². The molecule has 0 amide bonds. The third-order valence-electron chi connectivity index (χ3n) is 5.82. The molecule has 3 nitrogen and oxygen atoms in total. The Morgan fingerprint density at radius 2 is 1.63 bits per heavy atom. The van der Waals surface area contributed by atoms with Crippen molar-refractivity contribution < 1.29 is 4.74 Å². The quantitative estimate of drug-likeness (QED) is 0.244. The minimum absolute atomic E-state index is 0.734. The molecule has 0 bridgehead atoms. The van der Waals surface area contributed by atoms with Crippen molar-refractivity contribution in [3.05, 3.63) is 69.6 Å². The predicted octanol–water partition coefficient (Wildman–Crippen LogP) is 7.85. The molecule has 0 atom stereocenters. The van der Waals surface area contributed by atoms with E-state index in [9.17, 15) is 0 Å². The van der Waals surface area contributed by atoms with Crippen LogP contribution in [0.3, 0.4) is 0 Å². The van der Waals surface area contributed by atoms with Crippen molar-refractivity contribution in [1.29, 1.82) is 0 Å². The van der Waals surface area contributed by atoms with Gasteiger partial charge in [-0.05, 0) is 91.7 Å². The van der Waals surface area contributed by atoms with Crippen LogP contribution in [0.1, 0.15) is 12.8 Å². The summed E-state index contributed by atoms with van der Waals surface area (Å²) in [6.45, 7) is 0.815. The first-order valence-electron chi connectivity index (χ1n) is 10.1. The van der Waals surface area contributed by atoms with E-state index >= 15 is 0 Å². The SMILES string of the molecule is Brc1cccc(Br)c1-c1nc2c3ccccc3c3cc(OCC4CC4)ccc3c2[nH]1. The molecule has 1 heterocycles. The lowest BCUT2D eigenvalue weighted by Crippen LogP contribution is -1.98. The molecule has 30 heavy (non-hydrogen) atoms. The predicted molar refractivity (Wildman–Crippen MR) is 130 cm³/mol. The van der Waals surface area contributed by atoms with Crippen molar-refractivity contribution in [2.75, 3.05) is 6.61 Å². The molecule has 1 saturated carbocycles. The molecule has 5 aromatic rings. The van der Waals surface area contributed by atoms with Gasteiger partial charge in [0.25, 0.3) is 0 Å². The van der Waals surface area contributed by atoms with E-state index in [2.05, 4.69) is 79.3 Å². The highest BCUT2D eigenvalue weighted by atomic mass is 79.9. The fourth-order valence-corrected chi connectivity index (χ4v) is 5.46. The number of ether oxygens (including phenoxy) is 1. The summed E-state index contributed by atoms with van der Waals surface area (Å²) in [6.07, 6.45) is 2.58. The average molecular weight is 522 g/mol. The highest BCUT2D eigenvalue weighted by Crippen LogP contribution is 2.40. The number of aromatic nitrogens is 2. The molecular weight excluding hydrogens is 504 g/mol. The van der Waals surface area contributed by atoms with Gasteiger partial charge in [-0.25, -0.2) is 4.98 Å². The number of fused-ring (bicyclic) bond motifs is 6. The number of rotatable bonds is 4. The summed E-state index contributed by atoms with van der Waals surface area (Å²) in [5.74, 6) is 2.51. The van der Waals surface area contributed by atoms with Gasteiger partial charge < -0.3 is 9.72 Å². The van der Waals surface area contributed by atoms with Crippen molar-refractivity contribution in [2.45, 2.75) is 12.8 Å². The first-order chi connectivity index (χ1) is 14.7. The normalized spacial score (nSPS) is 14.1. The smallest absolute Gasteiger partial charge is 0.140 e. The lowest BCUT2D eigenvalue weighted by Gasteiger charge is -2.10. The topological polar surface area (TPSA) is 37.9 Å². The summed E-state index contributed by atoms with van der Waals surface area (Å²) in [5, 5.41) is 4.68. The second-order valence-electron chi connectivity index (χ2n) is 7.91. The van der Waals surface area contributed by atoms with Crippen LogP contribution in [-0.4, -0.2) is 16.6 Å². The van der Waals surface area contributed by atoms with Crippen LogP contribution in [0.25, 0.3) is 44.0 Å². The lowest BCUT2D eigenvalue weighted by molar-refractivity contribution is 0.300. The summed E-state index contributed by atoms with van der Waals surface area (Å²) in [5.41, 5.74) is 3.06. The molecule has 6 rings (SSSR count). The maximum Gasteiger partial charge on any atom is 0.140 e. The van der Waals surface area contributed by atoms with Gasteiger partial charge in [0.1, 0.15) is 11.6 Å². The lowest BCUT2D eigenvalue weighted by atomic mass is 10.00. The first kappa shape index (κ1) is 18.4. The molecule has 1 aliphatic rings. The van der Waals surface area contributed by atoms with Gasteiger partial charge in [-0.2, -0.15) is 0 Å². The maximum atomic E-state index is 6.07. The van der Waals surface area contributed by atoms with Gasteiger partial charge in [-0.15, -0.1) is 0 Å². The number of aromatic amines is 1. The van der Waals surface area contributed by atoms with Crippen molar-refractivity contribution in [3.63, 3.8) is 0 Å². The minimum atomic E-state index is 0.734. The highest BCUT2D eigenvalue weighted by molar-refractivity contribution is 9.11. The zero-order valence-electron chi connectivity index (χ0n) is 16.1. The summed E-state index contributed by atoms with van der Waals surface area (Å²) in [4.78, 5) is 8.62. The highest BCUT2D eigenvalue weighted by Gasteiger charge is 2.22. The number of hydrogen-bond donors (Lipinski definition) is 1. The zero-order valence-corrected chi connectivity index (χ0v) is 19.3. The Balaban J connectivity index is 1.62. The maximum absolute atomic E-state index is 6.07. The van der Waals surface area contributed by atoms with Gasteiger partial charge in [-0.1, -0.05) is 30.3 Å².